The molecule has 0 aromatic carbocycles. The molecule has 3 heteroatoms. The van der Waals surface area contributed by atoms with Crippen LogP contribution in [0.3, 0.4) is 0 Å². The molecular formula is C13H24N2O. The van der Waals surface area contributed by atoms with Gasteiger partial charge in [-0.3, -0.25) is 4.79 Å². The van der Waals surface area contributed by atoms with Crippen LogP contribution in [0.2, 0.25) is 0 Å². The average molecular weight is 224 g/mol. The molecule has 1 amide bonds. The molecule has 1 aliphatic carbocycles. The molecule has 1 atom stereocenters. The zero-order chi connectivity index (χ0) is 11.2. The van der Waals surface area contributed by atoms with E-state index in [0.29, 0.717) is 5.92 Å². The van der Waals surface area contributed by atoms with E-state index >= 15 is 0 Å². The molecule has 2 rings (SSSR count). The van der Waals surface area contributed by atoms with Crippen LogP contribution in [0.15, 0.2) is 0 Å². The Bertz CT molecular complexity index is 196. The van der Waals surface area contributed by atoms with Crippen LogP contribution in [0, 0.1) is 11.8 Å². The summed E-state index contributed by atoms with van der Waals surface area (Å²) in [5.41, 5.74) is 0. The van der Waals surface area contributed by atoms with Crippen molar-refractivity contribution < 1.29 is 4.79 Å². The quantitative estimate of drug-likeness (QED) is 0.746. The highest BCUT2D eigenvalue weighted by Gasteiger charge is 2.17. The highest BCUT2D eigenvalue weighted by atomic mass is 16.1. The number of carbonyl (C=O) groups excluding carboxylic acids is 1. The maximum Gasteiger partial charge on any atom is 0.220 e. The third-order valence-corrected chi connectivity index (χ3v) is 4.00. The van der Waals surface area contributed by atoms with Crippen LogP contribution in [0.1, 0.15) is 44.9 Å². The fourth-order valence-corrected chi connectivity index (χ4v) is 2.87. The van der Waals surface area contributed by atoms with Crippen molar-refractivity contribution in [3.63, 3.8) is 0 Å². The second-order valence-corrected chi connectivity index (χ2v) is 5.35. The molecule has 0 aromatic rings. The van der Waals surface area contributed by atoms with Crippen LogP contribution in [0.25, 0.3) is 0 Å². The SMILES string of the molecule is O=C(CCC1CCCC1)NCC1CCNC1. The van der Waals surface area contributed by atoms with Crippen LogP contribution < -0.4 is 10.6 Å². The predicted octanol–water partition coefficient (Wildman–Crippen LogP) is 1.68. The lowest BCUT2D eigenvalue weighted by Crippen LogP contribution is -2.30. The number of nitrogens with one attached hydrogen (secondary N) is 2. The number of hydrogen-bond donors (Lipinski definition) is 2. The van der Waals surface area contributed by atoms with Crippen LogP contribution in [-0.2, 0) is 4.79 Å². The summed E-state index contributed by atoms with van der Waals surface area (Å²) in [6.07, 6.45) is 8.50. The number of rotatable bonds is 5. The third-order valence-electron chi connectivity index (χ3n) is 4.00. The van der Waals surface area contributed by atoms with E-state index in [-0.39, 0.29) is 5.91 Å². The van der Waals surface area contributed by atoms with Gasteiger partial charge in [0.1, 0.15) is 0 Å². The van der Waals surface area contributed by atoms with Gasteiger partial charge in [0.2, 0.25) is 5.91 Å². The molecule has 0 spiro atoms. The normalized spacial score (nSPS) is 26.1. The van der Waals surface area contributed by atoms with Gasteiger partial charge >= 0.3 is 0 Å². The molecule has 2 aliphatic rings. The number of amides is 1. The first kappa shape index (κ1) is 11.9. The molecule has 0 radical (unpaired) electrons. The summed E-state index contributed by atoms with van der Waals surface area (Å²) in [5.74, 6) is 1.76. The first-order valence-electron chi connectivity index (χ1n) is 6.82. The molecule has 2 fully saturated rings. The zero-order valence-electron chi connectivity index (χ0n) is 10.1. The first-order valence-corrected chi connectivity index (χ1v) is 6.82. The largest absolute Gasteiger partial charge is 0.356 e. The third kappa shape index (κ3) is 3.78. The minimum atomic E-state index is 0.263. The molecular weight excluding hydrogens is 200 g/mol. The summed E-state index contributed by atoms with van der Waals surface area (Å²) >= 11 is 0. The second kappa shape index (κ2) is 6.24. The van der Waals surface area contributed by atoms with Gasteiger partial charge in [0, 0.05) is 13.0 Å². The molecule has 92 valence electrons. The summed E-state index contributed by atoms with van der Waals surface area (Å²) < 4.78 is 0. The van der Waals surface area contributed by atoms with Gasteiger partial charge < -0.3 is 10.6 Å². The predicted molar refractivity (Wildman–Crippen MR) is 65.2 cm³/mol. The lowest BCUT2D eigenvalue weighted by atomic mass is 10.0. The van der Waals surface area contributed by atoms with Crippen molar-refractivity contribution >= 4 is 5.91 Å². The van der Waals surface area contributed by atoms with Crippen molar-refractivity contribution in [3.8, 4) is 0 Å². The van der Waals surface area contributed by atoms with E-state index in [1.54, 1.807) is 0 Å². The molecule has 3 nitrogen and oxygen atoms in total. The van der Waals surface area contributed by atoms with Crippen molar-refractivity contribution in [2.75, 3.05) is 19.6 Å². The maximum absolute atomic E-state index is 11.6. The Morgan fingerprint density at radius 3 is 2.69 bits per heavy atom. The van der Waals surface area contributed by atoms with E-state index in [1.165, 1.54) is 32.1 Å². The van der Waals surface area contributed by atoms with E-state index in [4.69, 9.17) is 0 Å². The Kier molecular flexibility index (Phi) is 4.64. The highest BCUT2D eigenvalue weighted by molar-refractivity contribution is 5.75. The molecule has 1 aliphatic heterocycles. The Morgan fingerprint density at radius 2 is 2.00 bits per heavy atom. The minimum absolute atomic E-state index is 0.263. The summed E-state index contributed by atoms with van der Waals surface area (Å²) in [6, 6.07) is 0. The number of hydrogen-bond acceptors (Lipinski definition) is 2. The van der Waals surface area contributed by atoms with Crippen molar-refractivity contribution in [2.24, 2.45) is 11.8 Å². The molecule has 1 saturated heterocycles. The van der Waals surface area contributed by atoms with Gasteiger partial charge in [0.15, 0.2) is 0 Å². The van der Waals surface area contributed by atoms with Crippen LogP contribution in [-0.4, -0.2) is 25.5 Å². The van der Waals surface area contributed by atoms with Crippen molar-refractivity contribution in [1.82, 2.24) is 10.6 Å². The topological polar surface area (TPSA) is 41.1 Å². The second-order valence-electron chi connectivity index (χ2n) is 5.35. The first-order chi connectivity index (χ1) is 7.84. The van der Waals surface area contributed by atoms with Crippen molar-refractivity contribution in [1.29, 1.82) is 0 Å². The number of carbonyl (C=O) groups is 1. The van der Waals surface area contributed by atoms with E-state index in [1.807, 2.05) is 0 Å². The molecule has 0 bridgehead atoms. The van der Waals surface area contributed by atoms with E-state index in [9.17, 15) is 4.79 Å². The van der Waals surface area contributed by atoms with E-state index in [2.05, 4.69) is 10.6 Å². The Labute approximate surface area is 98.4 Å². The van der Waals surface area contributed by atoms with Crippen LogP contribution in [0.4, 0.5) is 0 Å². The Balaban J connectivity index is 1.53. The molecule has 1 saturated carbocycles. The summed E-state index contributed by atoms with van der Waals surface area (Å²) in [6.45, 7) is 3.06. The van der Waals surface area contributed by atoms with E-state index in [0.717, 1.165) is 38.4 Å². The van der Waals surface area contributed by atoms with Crippen LogP contribution in [0.5, 0.6) is 0 Å². The molecule has 1 heterocycles. The summed E-state index contributed by atoms with van der Waals surface area (Å²) in [7, 11) is 0. The summed E-state index contributed by atoms with van der Waals surface area (Å²) in [4.78, 5) is 11.6. The van der Waals surface area contributed by atoms with Crippen LogP contribution >= 0.6 is 0 Å². The fourth-order valence-electron chi connectivity index (χ4n) is 2.87. The van der Waals surface area contributed by atoms with Gasteiger partial charge in [-0.25, -0.2) is 0 Å². The van der Waals surface area contributed by atoms with Gasteiger partial charge in [0.25, 0.3) is 0 Å². The molecule has 0 aromatic heterocycles. The maximum atomic E-state index is 11.6. The van der Waals surface area contributed by atoms with Crippen molar-refractivity contribution in [2.45, 2.75) is 44.9 Å². The lowest BCUT2D eigenvalue weighted by molar-refractivity contribution is -0.121. The Morgan fingerprint density at radius 1 is 1.19 bits per heavy atom. The van der Waals surface area contributed by atoms with E-state index < -0.39 is 0 Å². The molecule has 16 heavy (non-hydrogen) atoms. The highest BCUT2D eigenvalue weighted by Crippen LogP contribution is 2.28. The van der Waals surface area contributed by atoms with Gasteiger partial charge in [0.05, 0.1) is 0 Å². The minimum Gasteiger partial charge on any atom is -0.356 e. The van der Waals surface area contributed by atoms with Gasteiger partial charge in [-0.1, -0.05) is 25.7 Å². The summed E-state index contributed by atoms with van der Waals surface area (Å²) in [5, 5.41) is 6.39. The monoisotopic (exact) mass is 224 g/mol. The van der Waals surface area contributed by atoms with Gasteiger partial charge in [-0.15, -0.1) is 0 Å². The van der Waals surface area contributed by atoms with Gasteiger partial charge in [-0.2, -0.15) is 0 Å². The fraction of sp³-hybridized carbons (Fsp3) is 0.923. The molecule has 1 unspecified atom stereocenters. The zero-order valence-corrected chi connectivity index (χ0v) is 10.1. The standard InChI is InChI=1S/C13H24N2O/c16-13(6-5-11-3-1-2-4-11)15-10-12-7-8-14-9-12/h11-12,14H,1-10H2,(H,15,16). The Hall–Kier alpha value is -0.570. The molecule has 2 N–H and O–H groups in total. The smallest absolute Gasteiger partial charge is 0.220 e. The average Bonchev–Trinajstić information content (AvgIpc) is 2.96. The lowest BCUT2D eigenvalue weighted by Gasteiger charge is -2.11. The van der Waals surface area contributed by atoms with Gasteiger partial charge in [-0.05, 0) is 37.8 Å². The van der Waals surface area contributed by atoms with Crippen molar-refractivity contribution in [3.05, 3.63) is 0 Å².